The molecule has 1 fully saturated rings. The van der Waals surface area contributed by atoms with Crippen LogP contribution in [0.15, 0.2) is 36.4 Å². The third-order valence-electron chi connectivity index (χ3n) is 4.23. The SMILES string of the molecule is CCOC(=O)C1CCN(c2ccc(-c3ccc(Cl)cc3)nn2)CC1. The molecule has 2 aromatic rings. The minimum Gasteiger partial charge on any atom is -0.466 e. The molecule has 0 spiro atoms. The zero-order valence-corrected chi connectivity index (χ0v) is 14.4. The number of ether oxygens (including phenoxy) is 1. The lowest BCUT2D eigenvalue weighted by molar-refractivity contribution is -0.148. The molecule has 1 aliphatic heterocycles. The van der Waals surface area contributed by atoms with Crippen molar-refractivity contribution < 1.29 is 9.53 Å². The van der Waals surface area contributed by atoms with Gasteiger partial charge >= 0.3 is 5.97 Å². The van der Waals surface area contributed by atoms with Crippen LogP contribution in [0, 0.1) is 5.92 Å². The van der Waals surface area contributed by atoms with Crippen LogP contribution in [-0.2, 0) is 9.53 Å². The highest BCUT2D eigenvalue weighted by atomic mass is 35.5. The summed E-state index contributed by atoms with van der Waals surface area (Å²) in [5.41, 5.74) is 1.80. The Morgan fingerprint density at radius 1 is 1.17 bits per heavy atom. The predicted molar refractivity (Wildman–Crippen MR) is 94.0 cm³/mol. The molecule has 2 heterocycles. The maximum absolute atomic E-state index is 11.8. The number of aromatic nitrogens is 2. The van der Waals surface area contributed by atoms with E-state index < -0.39 is 0 Å². The number of carbonyl (C=O) groups is 1. The summed E-state index contributed by atoms with van der Waals surface area (Å²) in [6.45, 7) is 3.86. The van der Waals surface area contributed by atoms with Crippen molar-refractivity contribution in [2.45, 2.75) is 19.8 Å². The summed E-state index contributed by atoms with van der Waals surface area (Å²) in [7, 11) is 0. The predicted octanol–water partition coefficient (Wildman–Crippen LogP) is 3.58. The molecule has 0 aliphatic carbocycles. The van der Waals surface area contributed by atoms with E-state index in [9.17, 15) is 4.79 Å². The molecular weight excluding hydrogens is 326 g/mol. The number of halogens is 1. The van der Waals surface area contributed by atoms with E-state index in [1.807, 2.05) is 43.3 Å². The number of carbonyl (C=O) groups excluding carboxylic acids is 1. The lowest BCUT2D eigenvalue weighted by Crippen LogP contribution is -2.37. The van der Waals surface area contributed by atoms with Crippen LogP contribution in [-0.4, -0.2) is 35.9 Å². The van der Waals surface area contributed by atoms with Gasteiger partial charge < -0.3 is 9.64 Å². The van der Waals surface area contributed by atoms with E-state index in [0.717, 1.165) is 43.0 Å². The van der Waals surface area contributed by atoms with Crippen LogP contribution in [0.25, 0.3) is 11.3 Å². The Bertz CT molecular complexity index is 680. The van der Waals surface area contributed by atoms with Crippen molar-refractivity contribution in [3.8, 4) is 11.3 Å². The number of benzene rings is 1. The van der Waals surface area contributed by atoms with Gasteiger partial charge in [0, 0.05) is 23.7 Å². The molecule has 0 unspecified atom stereocenters. The monoisotopic (exact) mass is 345 g/mol. The zero-order chi connectivity index (χ0) is 16.9. The van der Waals surface area contributed by atoms with Gasteiger partial charge in [0.05, 0.1) is 18.2 Å². The van der Waals surface area contributed by atoms with Crippen LogP contribution in [0.5, 0.6) is 0 Å². The van der Waals surface area contributed by atoms with E-state index in [-0.39, 0.29) is 11.9 Å². The second kappa shape index (κ2) is 7.62. The van der Waals surface area contributed by atoms with E-state index in [1.165, 1.54) is 0 Å². The fourth-order valence-corrected chi connectivity index (χ4v) is 3.00. The summed E-state index contributed by atoms with van der Waals surface area (Å²) < 4.78 is 5.10. The first kappa shape index (κ1) is 16.7. The molecule has 24 heavy (non-hydrogen) atoms. The second-order valence-electron chi connectivity index (χ2n) is 5.80. The standard InChI is InChI=1S/C18H20ClN3O2/c1-2-24-18(23)14-9-11-22(12-10-14)17-8-7-16(20-21-17)13-3-5-15(19)6-4-13/h3-8,14H,2,9-12H2,1H3. The number of anilines is 1. The Morgan fingerprint density at radius 2 is 1.88 bits per heavy atom. The van der Waals surface area contributed by atoms with Crippen LogP contribution in [0.3, 0.4) is 0 Å². The summed E-state index contributed by atoms with van der Waals surface area (Å²) in [6.07, 6.45) is 1.58. The Kier molecular flexibility index (Phi) is 5.30. The smallest absolute Gasteiger partial charge is 0.309 e. The van der Waals surface area contributed by atoms with E-state index >= 15 is 0 Å². The maximum Gasteiger partial charge on any atom is 0.309 e. The molecule has 1 aromatic heterocycles. The van der Waals surface area contributed by atoms with Gasteiger partial charge in [-0.15, -0.1) is 10.2 Å². The maximum atomic E-state index is 11.8. The number of hydrogen-bond donors (Lipinski definition) is 0. The highest BCUT2D eigenvalue weighted by molar-refractivity contribution is 6.30. The molecule has 126 valence electrons. The lowest BCUT2D eigenvalue weighted by Gasteiger charge is -2.31. The van der Waals surface area contributed by atoms with Crippen molar-refractivity contribution in [3.63, 3.8) is 0 Å². The van der Waals surface area contributed by atoms with Crippen molar-refractivity contribution in [2.24, 2.45) is 5.92 Å². The fourth-order valence-electron chi connectivity index (χ4n) is 2.87. The molecule has 1 aromatic carbocycles. The van der Waals surface area contributed by atoms with Crippen LogP contribution < -0.4 is 4.90 Å². The molecule has 6 heteroatoms. The van der Waals surface area contributed by atoms with Crippen molar-refractivity contribution in [2.75, 3.05) is 24.6 Å². The Balaban J connectivity index is 1.62. The lowest BCUT2D eigenvalue weighted by atomic mass is 9.97. The van der Waals surface area contributed by atoms with Gasteiger partial charge in [-0.25, -0.2) is 0 Å². The molecular formula is C18H20ClN3O2. The topological polar surface area (TPSA) is 55.3 Å². The highest BCUT2D eigenvalue weighted by Crippen LogP contribution is 2.24. The van der Waals surface area contributed by atoms with Gasteiger partial charge in [-0.05, 0) is 44.0 Å². The molecule has 1 aliphatic rings. The van der Waals surface area contributed by atoms with Gasteiger partial charge in [-0.3, -0.25) is 4.79 Å². The number of nitrogens with zero attached hydrogens (tertiary/aromatic N) is 3. The summed E-state index contributed by atoms with van der Waals surface area (Å²) in [5, 5.41) is 9.35. The normalized spacial score (nSPS) is 15.3. The number of hydrogen-bond acceptors (Lipinski definition) is 5. The van der Waals surface area contributed by atoms with Gasteiger partial charge in [0.2, 0.25) is 0 Å². The van der Waals surface area contributed by atoms with Crippen molar-refractivity contribution in [3.05, 3.63) is 41.4 Å². The number of piperidine rings is 1. The molecule has 0 bridgehead atoms. The summed E-state index contributed by atoms with van der Waals surface area (Å²) in [5.74, 6) is 0.763. The van der Waals surface area contributed by atoms with Crippen LogP contribution in [0.1, 0.15) is 19.8 Å². The first-order valence-electron chi connectivity index (χ1n) is 8.18. The van der Waals surface area contributed by atoms with Crippen LogP contribution in [0.2, 0.25) is 5.02 Å². The first-order valence-corrected chi connectivity index (χ1v) is 8.56. The van der Waals surface area contributed by atoms with Gasteiger partial charge in [0.15, 0.2) is 5.82 Å². The van der Waals surface area contributed by atoms with Crippen LogP contribution in [0.4, 0.5) is 5.82 Å². The van der Waals surface area contributed by atoms with Crippen molar-refractivity contribution in [1.82, 2.24) is 10.2 Å². The largest absolute Gasteiger partial charge is 0.466 e. The van der Waals surface area contributed by atoms with E-state index in [0.29, 0.717) is 11.6 Å². The number of esters is 1. The molecule has 3 rings (SSSR count). The summed E-state index contributed by atoms with van der Waals surface area (Å²) in [4.78, 5) is 13.9. The third kappa shape index (κ3) is 3.85. The Morgan fingerprint density at radius 3 is 2.46 bits per heavy atom. The summed E-state index contributed by atoms with van der Waals surface area (Å²) in [6, 6.07) is 11.5. The zero-order valence-electron chi connectivity index (χ0n) is 13.6. The molecule has 0 saturated carbocycles. The highest BCUT2D eigenvalue weighted by Gasteiger charge is 2.26. The van der Waals surface area contributed by atoms with E-state index in [4.69, 9.17) is 16.3 Å². The minimum absolute atomic E-state index is 0.00231. The van der Waals surface area contributed by atoms with Gasteiger partial charge in [-0.2, -0.15) is 0 Å². The van der Waals surface area contributed by atoms with Gasteiger partial charge in [-0.1, -0.05) is 23.7 Å². The quantitative estimate of drug-likeness (QED) is 0.793. The van der Waals surface area contributed by atoms with Crippen molar-refractivity contribution in [1.29, 1.82) is 0 Å². The average Bonchev–Trinajstić information content (AvgIpc) is 2.63. The second-order valence-corrected chi connectivity index (χ2v) is 6.23. The Labute approximate surface area is 146 Å². The third-order valence-corrected chi connectivity index (χ3v) is 4.48. The molecule has 0 radical (unpaired) electrons. The molecule has 0 atom stereocenters. The van der Waals surface area contributed by atoms with Gasteiger partial charge in [0.25, 0.3) is 0 Å². The van der Waals surface area contributed by atoms with E-state index in [1.54, 1.807) is 0 Å². The van der Waals surface area contributed by atoms with Crippen molar-refractivity contribution >= 4 is 23.4 Å². The minimum atomic E-state index is -0.0821. The van der Waals surface area contributed by atoms with Crippen LogP contribution >= 0.6 is 11.6 Å². The van der Waals surface area contributed by atoms with E-state index in [2.05, 4.69) is 15.1 Å². The Hall–Kier alpha value is -2.14. The molecule has 0 N–H and O–H groups in total. The summed E-state index contributed by atoms with van der Waals surface area (Å²) >= 11 is 5.90. The molecule has 0 amide bonds. The number of rotatable bonds is 4. The first-order chi connectivity index (χ1) is 11.7. The molecule has 1 saturated heterocycles. The van der Waals surface area contributed by atoms with Gasteiger partial charge in [0.1, 0.15) is 0 Å². The average molecular weight is 346 g/mol. The molecule has 5 nitrogen and oxygen atoms in total. The fraction of sp³-hybridized carbons (Fsp3) is 0.389.